The molecule has 7 nitrogen and oxygen atoms in total. The van der Waals surface area contributed by atoms with E-state index in [2.05, 4.69) is 20.0 Å². The van der Waals surface area contributed by atoms with E-state index in [0.717, 1.165) is 24.5 Å². The number of hydrogen-bond acceptors (Lipinski definition) is 6. The van der Waals surface area contributed by atoms with Gasteiger partial charge in [0, 0.05) is 38.3 Å². The average Bonchev–Trinajstić information content (AvgIpc) is 3.50. The van der Waals surface area contributed by atoms with Crippen LogP contribution in [0.4, 0.5) is 24.7 Å². The van der Waals surface area contributed by atoms with E-state index < -0.39 is 18.3 Å². The monoisotopic (exact) mass is 414 g/mol. The Balaban J connectivity index is 1.46. The van der Waals surface area contributed by atoms with Gasteiger partial charge in [-0.2, -0.15) is 18.3 Å². The number of alkyl halides is 3. The molecule has 1 aliphatic heterocycles. The Hall–Kier alpha value is -2.36. The van der Waals surface area contributed by atoms with Gasteiger partial charge in [0.05, 0.1) is 11.9 Å². The summed E-state index contributed by atoms with van der Waals surface area (Å²) in [6.07, 6.45) is 0.708. The summed E-state index contributed by atoms with van der Waals surface area (Å²) in [6, 6.07) is 1.87. The number of rotatable bonds is 4. The molecular weight excluding hydrogens is 397 g/mol. The zero-order valence-corrected chi connectivity index (χ0v) is 15.6. The molecule has 28 heavy (non-hydrogen) atoms. The predicted octanol–water partition coefficient (Wildman–Crippen LogP) is 2.45. The lowest BCUT2D eigenvalue weighted by molar-refractivity contribution is -0.143. The highest BCUT2D eigenvalue weighted by atomic mass is 35.5. The molecule has 0 aromatic carbocycles. The van der Waals surface area contributed by atoms with E-state index in [1.54, 1.807) is 6.20 Å². The van der Waals surface area contributed by atoms with Gasteiger partial charge in [0.25, 0.3) is 5.56 Å². The van der Waals surface area contributed by atoms with Gasteiger partial charge in [0.2, 0.25) is 0 Å². The zero-order valence-electron chi connectivity index (χ0n) is 14.9. The van der Waals surface area contributed by atoms with Crippen LogP contribution in [-0.4, -0.2) is 52.1 Å². The molecule has 0 N–H and O–H groups in total. The van der Waals surface area contributed by atoms with Crippen molar-refractivity contribution in [1.82, 2.24) is 19.7 Å². The number of nitrogens with zero attached hydrogens (tertiary/aromatic N) is 6. The van der Waals surface area contributed by atoms with Crippen molar-refractivity contribution in [2.24, 2.45) is 0 Å². The first-order valence-corrected chi connectivity index (χ1v) is 9.35. The molecule has 1 aliphatic carbocycles. The Morgan fingerprint density at radius 1 is 1.14 bits per heavy atom. The summed E-state index contributed by atoms with van der Waals surface area (Å²) in [7, 11) is 0. The highest BCUT2D eigenvalue weighted by Crippen LogP contribution is 2.38. The molecule has 0 amide bonds. The first kappa shape index (κ1) is 19.0. The van der Waals surface area contributed by atoms with Crippen molar-refractivity contribution in [1.29, 1.82) is 0 Å². The SMILES string of the molecule is O=c1c(Cl)c(N2CCN(c3ccnc(C4CC4)n3)CC2)cnn1CC(F)(F)F. The first-order chi connectivity index (χ1) is 13.3. The molecule has 3 heterocycles. The highest BCUT2D eigenvalue weighted by Gasteiger charge is 2.31. The van der Waals surface area contributed by atoms with Gasteiger partial charge in [-0.1, -0.05) is 11.6 Å². The molecule has 0 spiro atoms. The van der Waals surface area contributed by atoms with Gasteiger partial charge in [0.15, 0.2) is 0 Å². The smallest absolute Gasteiger partial charge is 0.365 e. The summed E-state index contributed by atoms with van der Waals surface area (Å²) in [6.45, 7) is 0.919. The van der Waals surface area contributed by atoms with Crippen molar-refractivity contribution in [2.75, 3.05) is 36.0 Å². The molecule has 2 fully saturated rings. The summed E-state index contributed by atoms with van der Waals surface area (Å²) in [5.74, 6) is 2.20. The van der Waals surface area contributed by atoms with Crippen LogP contribution in [0.1, 0.15) is 24.6 Å². The normalized spacial score (nSPS) is 17.9. The Morgan fingerprint density at radius 2 is 1.82 bits per heavy atom. The average molecular weight is 415 g/mol. The van der Waals surface area contributed by atoms with E-state index >= 15 is 0 Å². The maximum Gasteiger partial charge on any atom is 0.408 e. The van der Waals surface area contributed by atoms with E-state index in [1.165, 1.54) is 6.20 Å². The Bertz CT molecular complexity index is 922. The van der Waals surface area contributed by atoms with Crippen LogP contribution in [0.5, 0.6) is 0 Å². The van der Waals surface area contributed by atoms with Crippen LogP contribution in [0, 0.1) is 0 Å². The second-order valence-electron chi connectivity index (χ2n) is 6.94. The molecule has 2 aliphatic rings. The Labute approximate surface area is 163 Å². The summed E-state index contributed by atoms with van der Waals surface area (Å²) in [5, 5.41) is 3.39. The lowest BCUT2D eigenvalue weighted by atomic mass is 10.2. The Morgan fingerprint density at radius 3 is 2.46 bits per heavy atom. The molecule has 4 rings (SSSR count). The van der Waals surface area contributed by atoms with Gasteiger partial charge in [0.1, 0.15) is 23.2 Å². The van der Waals surface area contributed by atoms with Crippen LogP contribution >= 0.6 is 11.6 Å². The summed E-state index contributed by atoms with van der Waals surface area (Å²) >= 11 is 6.06. The van der Waals surface area contributed by atoms with Crippen molar-refractivity contribution < 1.29 is 13.2 Å². The molecule has 0 unspecified atom stereocenters. The maximum atomic E-state index is 12.5. The van der Waals surface area contributed by atoms with Gasteiger partial charge in [-0.15, -0.1) is 0 Å². The van der Waals surface area contributed by atoms with Gasteiger partial charge in [-0.3, -0.25) is 4.79 Å². The van der Waals surface area contributed by atoms with Crippen molar-refractivity contribution in [2.45, 2.75) is 31.5 Å². The second-order valence-corrected chi connectivity index (χ2v) is 7.32. The van der Waals surface area contributed by atoms with Crippen molar-refractivity contribution in [3.05, 3.63) is 39.7 Å². The molecule has 1 saturated heterocycles. The van der Waals surface area contributed by atoms with Gasteiger partial charge >= 0.3 is 6.18 Å². The minimum absolute atomic E-state index is 0.245. The molecular formula is C17H18ClF3N6O. The Kier molecular flexibility index (Phi) is 4.90. The molecule has 0 atom stereocenters. The number of halogens is 4. The fourth-order valence-corrected chi connectivity index (χ4v) is 3.48. The molecule has 0 radical (unpaired) electrons. The lowest BCUT2D eigenvalue weighted by Crippen LogP contribution is -2.47. The minimum Gasteiger partial charge on any atom is -0.365 e. The highest BCUT2D eigenvalue weighted by molar-refractivity contribution is 6.33. The third-order valence-corrected chi connectivity index (χ3v) is 5.20. The van der Waals surface area contributed by atoms with Crippen molar-refractivity contribution >= 4 is 23.1 Å². The molecule has 1 saturated carbocycles. The first-order valence-electron chi connectivity index (χ1n) is 8.97. The van der Waals surface area contributed by atoms with Gasteiger partial charge < -0.3 is 9.80 Å². The third kappa shape index (κ3) is 4.06. The number of piperazine rings is 1. The topological polar surface area (TPSA) is 67.2 Å². The maximum absolute atomic E-state index is 12.5. The molecule has 2 aromatic rings. The van der Waals surface area contributed by atoms with E-state index in [9.17, 15) is 18.0 Å². The fraction of sp³-hybridized carbons (Fsp3) is 0.529. The van der Waals surface area contributed by atoms with Crippen LogP contribution in [0.3, 0.4) is 0 Å². The van der Waals surface area contributed by atoms with E-state index in [0.29, 0.717) is 42.5 Å². The summed E-state index contributed by atoms with van der Waals surface area (Å²) < 4.78 is 37.9. The number of hydrogen-bond donors (Lipinski definition) is 0. The third-order valence-electron chi connectivity index (χ3n) is 4.84. The van der Waals surface area contributed by atoms with E-state index in [-0.39, 0.29) is 5.02 Å². The van der Waals surface area contributed by atoms with Gasteiger partial charge in [-0.25, -0.2) is 14.6 Å². The second kappa shape index (κ2) is 7.23. The molecule has 150 valence electrons. The number of aromatic nitrogens is 4. The molecule has 0 bridgehead atoms. The van der Waals surface area contributed by atoms with Crippen LogP contribution in [0.25, 0.3) is 0 Å². The zero-order chi connectivity index (χ0) is 19.9. The summed E-state index contributed by atoms with van der Waals surface area (Å²) in [4.78, 5) is 25.0. The minimum atomic E-state index is -4.54. The van der Waals surface area contributed by atoms with Crippen molar-refractivity contribution in [3.63, 3.8) is 0 Å². The number of anilines is 2. The summed E-state index contributed by atoms with van der Waals surface area (Å²) in [5.41, 5.74) is -0.588. The predicted molar refractivity (Wildman–Crippen MR) is 98.0 cm³/mol. The quantitative estimate of drug-likeness (QED) is 0.765. The van der Waals surface area contributed by atoms with Gasteiger partial charge in [-0.05, 0) is 18.9 Å². The van der Waals surface area contributed by atoms with Crippen molar-refractivity contribution in [3.8, 4) is 0 Å². The van der Waals surface area contributed by atoms with E-state index in [4.69, 9.17) is 11.6 Å². The standard InChI is InChI=1S/C17H18ClF3N6O/c18-14-12(9-23-27(16(14)28)10-17(19,20)21)25-5-7-26(8-6-25)13-3-4-22-15(24-13)11-1-2-11/h3-4,9,11H,1-2,5-8,10H2. The van der Waals surface area contributed by atoms with Crippen LogP contribution < -0.4 is 15.4 Å². The lowest BCUT2D eigenvalue weighted by Gasteiger charge is -2.36. The largest absolute Gasteiger partial charge is 0.408 e. The van der Waals surface area contributed by atoms with Crippen LogP contribution in [0.2, 0.25) is 5.02 Å². The van der Waals surface area contributed by atoms with Crippen LogP contribution in [0.15, 0.2) is 23.3 Å². The van der Waals surface area contributed by atoms with E-state index in [1.807, 2.05) is 11.0 Å². The fourth-order valence-electron chi connectivity index (χ4n) is 3.21. The molecule has 11 heteroatoms. The molecule has 2 aromatic heterocycles. The van der Waals surface area contributed by atoms with Crippen LogP contribution in [-0.2, 0) is 6.54 Å².